The highest BCUT2D eigenvalue weighted by Crippen LogP contribution is 2.27. The Hall–Kier alpha value is -2.88. The number of rotatable bonds is 6. The van der Waals surface area contributed by atoms with Gasteiger partial charge in [-0.1, -0.05) is 37.5 Å². The first kappa shape index (κ1) is 18.9. The van der Waals surface area contributed by atoms with Crippen LogP contribution in [-0.4, -0.2) is 18.9 Å². The highest BCUT2D eigenvalue weighted by molar-refractivity contribution is 6.07. The van der Waals surface area contributed by atoms with Crippen molar-refractivity contribution >= 4 is 17.8 Å². The monoisotopic (exact) mass is 364 g/mol. The predicted octanol–water partition coefficient (Wildman–Crippen LogP) is 5.08. The van der Waals surface area contributed by atoms with Gasteiger partial charge in [-0.15, -0.1) is 0 Å². The summed E-state index contributed by atoms with van der Waals surface area (Å²) in [5.74, 6) is 0.891. The molecule has 1 aliphatic rings. The molecule has 0 saturated heterocycles. The van der Waals surface area contributed by atoms with Crippen molar-refractivity contribution in [3.05, 3.63) is 65.7 Å². The molecule has 1 fully saturated rings. The molecule has 0 atom stereocenters. The SMILES string of the molecule is COc1ccc(C(=O)/C=C/c2ccccc2OC(=O)C2CCCCC2)cc1. The second-order valence-electron chi connectivity index (χ2n) is 6.72. The van der Waals surface area contributed by atoms with Gasteiger partial charge in [0, 0.05) is 11.1 Å². The molecule has 2 aromatic carbocycles. The van der Waals surface area contributed by atoms with Crippen molar-refractivity contribution in [1.82, 2.24) is 0 Å². The summed E-state index contributed by atoms with van der Waals surface area (Å²) in [4.78, 5) is 24.8. The van der Waals surface area contributed by atoms with E-state index in [1.807, 2.05) is 18.2 Å². The van der Waals surface area contributed by atoms with Crippen LogP contribution in [0.4, 0.5) is 0 Å². The van der Waals surface area contributed by atoms with Gasteiger partial charge < -0.3 is 9.47 Å². The first-order valence-electron chi connectivity index (χ1n) is 9.34. The Morgan fingerprint density at radius 2 is 1.67 bits per heavy atom. The molecule has 4 heteroatoms. The van der Waals surface area contributed by atoms with Gasteiger partial charge in [-0.3, -0.25) is 9.59 Å². The van der Waals surface area contributed by atoms with E-state index in [9.17, 15) is 9.59 Å². The lowest BCUT2D eigenvalue weighted by atomic mass is 9.89. The molecule has 1 aliphatic carbocycles. The Morgan fingerprint density at radius 1 is 0.963 bits per heavy atom. The number of benzene rings is 2. The Morgan fingerprint density at radius 3 is 2.37 bits per heavy atom. The van der Waals surface area contributed by atoms with E-state index in [1.54, 1.807) is 43.5 Å². The molecule has 140 valence electrons. The Labute approximate surface area is 159 Å². The van der Waals surface area contributed by atoms with E-state index in [4.69, 9.17) is 9.47 Å². The molecule has 0 bridgehead atoms. The van der Waals surface area contributed by atoms with Crippen LogP contribution in [0.3, 0.4) is 0 Å². The van der Waals surface area contributed by atoms with Crippen LogP contribution in [0.15, 0.2) is 54.6 Å². The fraction of sp³-hybridized carbons (Fsp3) is 0.304. The second-order valence-corrected chi connectivity index (χ2v) is 6.72. The van der Waals surface area contributed by atoms with Gasteiger partial charge in [0.15, 0.2) is 5.78 Å². The van der Waals surface area contributed by atoms with Gasteiger partial charge >= 0.3 is 5.97 Å². The van der Waals surface area contributed by atoms with E-state index in [0.29, 0.717) is 22.6 Å². The van der Waals surface area contributed by atoms with Crippen molar-refractivity contribution in [2.75, 3.05) is 7.11 Å². The van der Waals surface area contributed by atoms with Crippen molar-refractivity contribution < 1.29 is 19.1 Å². The Balaban J connectivity index is 1.70. The third-order valence-corrected chi connectivity index (χ3v) is 4.86. The highest BCUT2D eigenvalue weighted by Gasteiger charge is 2.23. The molecule has 1 saturated carbocycles. The lowest BCUT2D eigenvalue weighted by Crippen LogP contribution is -2.23. The molecule has 0 N–H and O–H groups in total. The number of hydrogen-bond acceptors (Lipinski definition) is 4. The minimum Gasteiger partial charge on any atom is -0.497 e. The average molecular weight is 364 g/mol. The summed E-state index contributed by atoms with van der Waals surface area (Å²) in [5, 5.41) is 0. The third kappa shape index (κ3) is 5.07. The van der Waals surface area contributed by atoms with Gasteiger partial charge in [-0.2, -0.15) is 0 Å². The van der Waals surface area contributed by atoms with Crippen molar-refractivity contribution in [3.63, 3.8) is 0 Å². The van der Waals surface area contributed by atoms with E-state index < -0.39 is 0 Å². The van der Waals surface area contributed by atoms with E-state index >= 15 is 0 Å². The summed E-state index contributed by atoms with van der Waals surface area (Å²) in [6.45, 7) is 0. The number of allylic oxidation sites excluding steroid dienone is 1. The quantitative estimate of drug-likeness (QED) is 0.310. The van der Waals surface area contributed by atoms with Crippen LogP contribution in [-0.2, 0) is 4.79 Å². The number of ether oxygens (including phenoxy) is 2. The van der Waals surface area contributed by atoms with Crippen LogP contribution in [0.1, 0.15) is 48.0 Å². The Kier molecular flexibility index (Phi) is 6.42. The predicted molar refractivity (Wildman–Crippen MR) is 105 cm³/mol. The van der Waals surface area contributed by atoms with Gasteiger partial charge in [0.2, 0.25) is 0 Å². The summed E-state index contributed by atoms with van der Waals surface area (Å²) in [7, 11) is 1.59. The number of carbonyl (C=O) groups excluding carboxylic acids is 2. The molecule has 0 aliphatic heterocycles. The maximum Gasteiger partial charge on any atom is 0.314 e. The maximum absolute atomic E-state index is 12.4. The molecule has 0 aromatic heterocycles. The molecular formula is C23H24O4. The van der Waals surface area contributed by atoms with Gasteiger partial charge in [-0.05, 0) is 55.3 Å². The fourth-order valence-corrected chi connectivity index (χ4v) is 3.26. The smallest absolute Gasteiger partial charge is 0.314 e. The first-order chi connectivity index (χ1) is 13.2. The molecule has 4 nitrogen and oxygen atoms in total. The normalized spacial score (nSPS) is 14.9. The molecule has 2 aromatic rings. The molecule has 0 amide bonds. The molecule has 0 unspecified atom stereocenters. The largest absolute Gasteiger partial charge is 0.497 e. The van der Waals surface area contributed by atoms with E-state index in [1.165, 1.54) is 12.5 Å². The summed E-state index contributed by atoms with van der Waals surface area (Å²) in [5.41, 5.74) is 1.28. The van der Waals surface area contributed by atoms with E-state index in [0.717, 1.165) is 25.7 Å². The number of methoxy groups -OCH3 is 1. The van der Waals surface area contributed by atoms with Crippen LogP contribution in [0.2, 0.25) is 0 Å². The summed E-state index contributed by atoms with van der Waals surface area (Å²) in [6, 6.07) is 14.2. The molecule has 0 heterocycles. The summed E-state index contributed by atoms with van der Waals surface area (Å²) in [6.07, 6.45) is 8.33. The zero-order chi connectivity index (χ0) is 19.1. The van der Waals surface area contributed by atoms with Crippen molar-refractivity contribution in [2.45, 2.75) is 32.1 Å². The topological polar surface area (TPSA) is 52.6 Å². The molecular weight excluding hydrogens is 340 g/mol. The molecule has 0 spiro atoms. The van der Waals surface area contributed by atoms with Crippen molar-refractivity contribution in [1.29, 1.82) is 0 Å². The summed E-state index contributed by atoms with van der Waals surface area (Å²) < 4.78 is 10.7. The number of ketones is 1. The molecule has 27 heavy (non-hydrogen) atoms. The number of carbonyl (C=O) groups is 2. The second kappa shape index (κ2) is 9.17. The van der Waals surface area contributed by atoms with Gasteiger partial charge in [0.05, 0.1) is 13.0 Å². The fourth-order valence-electron chi connectivity index (χ4n) is 3.26. The number of hydrogen-bond donors (Lipinski definition) is 0. The van der Waals surface area contributed by atoms with Crippen LogP contribution in [0, 0.1) is 5.92 Å². The van der Waals surface area contributed by atoms with Crippen LogP contribution >= 0.6 is 0 Å². The van der Waals surface area contributed by atoms with Gasteiger partial charge in [0.1, 0.15) is 11.5 Å². The molecule has 0 radical (unpaired) electrons. The minimum atomic E-state index is -0.169. The van der Waals surface area contributed by atoms with Crippen molar-refractivity contribution in [2.24, 2.45) is 5.92 Å². The van der Waals surface area contributed by atoms with E-state index in [2.05, 4.69) is 0 Å². The zero-order valence-corrected chi connectivity index (χ0v) is 15.5. The highest BCUT2D eigenvalue weighted by atomic mass is 16.5. The summed E-state index contributed by atoms with van der Waals surface area (Å²) >= 11 is 0. The van der Waals surface area contributed by atoms with Gasteiger partial charge in [-0.25, -0.2) is 0 Å². The lowest BCUT2D eigenvalue weighted by Gasteiger charge is -2.20. The molecule has 3 rings (SSSR count). The van der Waals surface area contributed by atoms with E-state index in [-0.39, 0.29) is 17.7 Å². The third-order valence-electron chi connectivity index (χ3n) is 4.86. The van der Waals surface area contributed by atoms with Crippen LogP contribution < -0.4 is 9.47 Å². The number of para-hydroxylation sites is 1. The zero-order valence-electron chi connectivity index (χ0n) is 15.5. The standard InChI is InChI=1S/C23H24O4/c1-26-20-14-11-17(12-15-20)21(24)16-13-18-7-5-6-10-22(18)27-23(25)19-8-3-2-4-9-19/h5-7,10-16,19H,2-4,8-9H2,1H3/b16-13+. The number of esters is 1. The average Bonchev–Trinajstić information content (AvgIpc) is 2.73. The minimum absolute atomic E-state index is 0.0169. The lowest BCUT2D eigenvalue weighted by molar-refractivity contribution is -0.140. The maximum atomic E-state index is 12.4. The Bertz CT molecular complexity index is 815. The first-order valence-corrected chi connectivity index (χ1v) is 9.34. The van der Waals surface area contributed by atoms with Crippen LogP contribution in [0.5, 0.6) is 11.5 Å². The van der Waals surface area contributed by atoms with Crippen molar-refractivity contribution in [3.8, 4) is 11.5 Å². The van der Waals surface area contributed by atoms with Gasteiger partial charge in [0.25, 0.3) is 0 Å². The van der Waals surface area contributed by atoms with Crippen LogP contribution in [0.25, 0.3) is 6.08 Å².